The summed E-state index contributed by atoms with van der Waals surface area (Å²) in [7, 11) is 0. The molecule has 2 nitrogen and oxygen atoms in total. The van der Waals surface area contributed by atoms with Crippen LogP contribution in [0.3, 0.4) is 0 Å². The van der Waals surface area contributed by atoms with Gasteiger partial charge in [-0.2, -0.15) is 0 Å². The lowest BCUT2D eigenvalue weighted by atomic mass is 9.75. The van der Waals surface area contributed by atoms with E-state index in [0.29, 0.717) is 24.2 Å². The molecule has 0 unspecified atom stereocenters. The SMILES string of the molecule is CC(C)[C@@H]1CC[C@@H](C)C[C@H]1OC(=O)CC(c1ccccc1)c1ccccc1. The lowest BCUT2D eigenvalue weighted by Crippen LogP contribution is -2.36. The van der Waals surface area contributed by atoms with Gasteiger partial charge < -0.3 is 4.74 Å². The summed E-state index contributed by atoms with van der Waals surface area (Å²) in [5.74, 6) is 1.64. The summed E-state index contributed by atoms with van der Waals surface area (Å²) < 4.78 is 6.07. The molecule has 0 heterocycles. The van der Waals surface area contributed by atoms with Gasteiger partial charge in [-0.1, -0.05) is 87.9 Å². The fraction of sp³-hybridized carbons (Fsp3) is 0.480. The molecule has 0 saturated heterocycles. The van der Waals surface area contributed by atoms with E-state index < -0.39 is 0 Å². The summed E-state index contributed by atoms with van der Waals surface area (Å²) in [5.41, 5.74) is 2.33. The fourth-order valence-corrected chi connectivity index (χ4v) is 4.43. The van der Waals surface area contributed by atoms with Crippen LogP contribution in [-0.4, -0.2) is 12.1 Å². The first-order valence-corrected chi connectivity index (χ1v) is 10.3. The molecule has 1 aliphatic carbocycles. The van der Waals surface area contributed by atoms with E-state index in [1.165, 1.54) is 6.42 Å². The molecule has 0 bridgehead atoms. The highest BCUT2D eigenvalue weighted by atomic mass is 16.5. The molecule has 3 rings (SSSR count). The molecule has 0 radical (unpaired) electrons. The van der Waals surface area contributed by atoms with E-state index in [-0.39, 0.29) is 18.0 Å². The number of carbonyl (C=O) groups excluding carboxylic acids is 1. The second kappa shape index (κ2) is 9.21. The van der Waals surface area contributed by atoms with Gasteiger partial charge in [-0.3, -0.25) is 4.79 Å². The lowest BCUT2D eigenvalue weighted by Gasteiger charge is -2.37. The first kappa shape index (κ1) is 19.7. The second-order valence-electron chi connectivity index (χ2n) is 8.43. The van der Waals surface area contributed by atoms with Crippen molar-refractivity contribution in [3.63, 3.8) is 0 Å². The van der Waals surface area contributed by atoms with Crippen molar-refractivity contribution in [2.75, 3.05) is 0 Å². The van der Waals surface area contributed by atoms with E-state index in [2.05, 4.69) is 45.0 Å². The van der Waals surface area contributed by atoms with Gasteiger partial charge in [0.1, 0.15) is 6.10 Å². The molecule has 0 amide bonds. The van der Waals surface area contributed by atoms with Gasteiger partial charge in [0.05, 0.1) is 6.42 Å². The van der Waals surface area contributed by atoms with Crippen LogP contribution in [0.5, 0.6) is 0 Å². The average molecular weight is 365 g/mol. The lowest BCUT2D eigenvalue weighted by molar-refractivity contribution is -0.156. The molecule has 3 atom stereocenters. The zero-order chi connectivity index (χ0) is 19.2. The number of hydrogen-bond donors (Lipinski definition) is 0. The minimum atomic E-state index is -0.0718. The largest absolute Gasteiger partial charge is 0.462 e. The van der Waals surface area contributed by atoms with E-state index in [9.17, 15) is 4.79 Å². The Balaban J connectivity index is 1.74. The number of esters is 1. The van der Waals surface area contributed by atoms with Gasteiger partial charge in [-0.25, -0.2) is 0 Å². The Bertz CT molecular complexity index is 668. The highest BCUT2D eigenvalue weighted by Crippen LogP contribution is 2.36. The van der Waals surface area contributed by atoms with Gasteiger partial charge in [0.15, 0.2) is 0 Å². The summed E-state index contributed by atoms with van der Waals surface area (Å²) in [6.07, 6.45) is 3.86. The maximum Gasteiger partial charge on any atom is 0.307 e. The van der Waals surface area contributed by atoms with Crippen molar-refractivity contribution in [2.24, 2.45) is 17.8 Å². The standard InChI is InChI=1S/C25H32O2/c1-18(2)22-15-14-19(3)16-24(22)27-25(26)17-23(20-10-6-4-7-11-20)21-12-8-5-9-13-21/h4-13,18-19,22-24H,14-17H2,1-3H3/t19-,22+,24-/m1/s1. The van der Waals surface area contributed by atoms with Gasteiger partial charge in [-0.15, -0.1) is 0 Å². The van der Waals surface area contributed by atoms with E-state index in [4.69, 9.17) is 4.74 Å². The van der Waals surface area contributed by atoms with Gasteiger partial charge in [-0.05, 0) is 41.7 Å². The van der Waals surface area contributed by atoms with Crippen LogP contribution < -0.4 is 0 Å². The molecule has 1 fully saturated rings. The third-order valence-electron chi connectivity index (χ3n) is 6.02. The summed E-state index contributed by atoms with van der Waals surface area (Å²) in [6.45, 7) is 6.77. The highest BCUT2D eigenvalue weighted by molar-refractivity contribution is 5.71. The second-order valence-corrected chi connectivity index (χ2v) is 8.43. The van der Waals surface area contributed by atoms with Crippen LogP contribution in [0, 0.1) is 17.8 Å². The fourth-order valence-electron chi connectivity index (χ4n) is 4.43. The predicted molar refractivity (Wildman–Crippen MR) is 111 cm³/mol. The number of rotatable bonds is 6. The van der Waals surface area contributed by atoms with Gasteiger partial charge in [0.2, 0.25) is 0 Å². The van der Waals surface area contributed by atoms with Crippen molar-refractivity contribution >= 4 is 5.97 Å². The third kappa shape index (κ3) is 5.22. The van der Waals surface area contributed by atoms with Gasteiger partial charge >= 0.3 is 5.97 Å². The Labute approximate surface area is 164 Å². The van der Waals surface area contributed by atoms with Crippen molar-refractivity contribution in [1.29, 1.82) is 0 Å². The van der Waals surface area contributed by atoms with E-state index in [0.717, 1.165) is 24.0 Å². The molecule has 1 aliphatic rings. The van der Waals surface area contributed by atoms with E-state index in [1.807, 2.05) is 36.4 Å². The smallest absolute Gasteiger partial charge is 0.307 e. The van der Waals surface area contributed by atoms with Crippen LogP contribution in [-0.2, 0) is 9.53 Å². The zero-order valence-corrected chi connectivity index (χ0v) is 16.8. The maximum atomic E-state index is 12.9. The van der Waals surface area contributed by atoms with Crippen molar-refractivity contribution in [1.82, 2.24) is 0 Å². The van der Waals surface area contributed by atoms with Crippen molar-refractivity contribution in [2.45, 2.75) is 58.5 Å². The molecule has 1 saturated carbocycles. The molecular formula is C25H32O2. The topological polar surface area (TPSA) is 26.3 Å². The molecule has 2 heteroatoms. The number of carbonyl (C=O) groups is 1. The Morgan fingerprint density at radius 1 is 0.963 bits per heavy atom. The monoisotopic (exact) mass is 364 g/mol. The predicted octanol–water partition coefficient (Wildman–Crippen LogP) is 6.21. The zero-order valence-electron chi connectivity index (χ0n) is 16.8. The minimum Gasteiger partial charge on any atom is -0.462 e. The van der Waals surface area contributed by atoms with Crippen LogP contribution in [0.4, 0.5) is 0 Å². The Hall–Kier alpha value is -2.09. The van der Waals surface area contributed by atoms with Crippen molar-refractivity contribution in [3.05, 3.63) is 71.8 Å². The van der Waals surface area contributed by atoms with Crippen molar-refractivity contribution in [3.8, 4) is 0 Å². The Morgan fingerprint density at radius 3 is 2.04 bits per heavy atom. The average Bonchev–Trinajstić information content (AvgIpc) is 2.67. The van der Waals surface area contributed by atoms with Crippen LogP contribution in [0.1, 0.15) is 63.5 Å². The molecule has 2 aromatic rings. The molecular weight excluding hydrogens is 332 g/mol. The summed E-state index contributed by atoms with van der Waals surface area (Å²) in [5, 5.41) is 0. The van der Waals surface area contributed by atoms with Gasteiger partial charge in [0, 0.05) is 5.92 Å². The molecule has 2 aromatic carbocycles. The quantitative estimate of drug-likeness (QED) is 0.569. The van der Waals surface area contributed by atoms with Crippen LogP contribution in [0.25, 0.3) is 0 Å². The highest BCUT2D eigenvalue weighted by Gasteiger charge is 2.34. The summed E-state index contributed by atoms with van der Waals surface area (Å²) in [6, 6.07) is 20.6. The summed E-state index contributed by atoms with van der Waals surface area (Å²) in [4.78, 5) is 12.9. The molecule has 0 spiro atoms. The number of benzene rings is 2. The normalized spacial score (nSPS) is 22.8. The maximum absolute atomic E-state index is 12.9. The Morgan fingerprint density at radius 2 is 1.52 bits per heavy atom. The number of hydrogen-bond acceptors (Lipinski definition) is 2. The van der Waals surface area contributed by atoms with Crippen LogP contribution in [0.15, 0.2) is 60.7 Å². The molecule has 27 heavy (non-hydrogen) atoms. The van der Waals surface area contributed by atoms with Crippen LogP contribution >= 0.6 is 0 Å². The number of ether oxygens (including phenoxy) is 1. The third-order valence-corrected chi connectivity index (χ3v) is 6.02. The first-order chi connectivity index (χ1) is 13.0. The minimum absolute atomic E-state index is 0.0402. The molecule has 0 aromatic heterocycles. The molecule has 0 N–H and O–H groups in total. The van der Waals surface area contributed by atoms with Crippen molar-refractivity contribution < 1.29 is 9.53 Å². The van der Waals surface area contributed by atoms with E-state index >= 15 is 0 Å². The van der Waals surface area contributed by atoms with Crippen LogP contribution in [0.2, 0.25) is 0 Å². The molecule has 144 valence electrons. The Kier molecular flexibility index (Phi) is 6.71. The molecule has 0 aliphatic heterocycles. The van der Waals surface area contributed by atoms with E-state index in [1.54, 1.807) is 0 Å². The summed E-state index contributed by atoms with van der Waals surface area (Å²) >= 11 is 0. The van der Waals surface area contributed by atoms with Gasteiger partial charge in [0.25, 0.3) is 0 Å². The first-order valence-electron chi connectivity index (χ1n) is 10.3.